The lowest BCUT2D eigenvalue weighted by molar-refractivity contribution is -0.166. The molecule has 10 unspecified atom stereocenters. The fraction of sp³-hybridized carbons (Fsp3) is 0.892. The van der Waals surface area contributed by atoms with Gasteiger partial charge in [0, 0.05) is 54.0 Å². The van der Waals surface area contributed by atoms with Gasteiger partial charge >= 0.3 is 0 Å². The van der Waals surface area contributed by atoms with E-state index in [1.165, 1.54) is 64.2 Å². The molecule has 1 saturated heterocycles. The molecule has 42 heavy (non-hydrogen) atoms. The van der Waals surface area contributed by atoms with Gasteiger partial charge in [0.25, 0.3) is 0 Å². The van der Waals surface area contributed by atoms with Crippen molar-refractivity contribution in [2.45, 2.75) is 110 Å². The molecule has 0 aromatic heterocycles. The first-order chi connectivity index (χ1) is 20.3. The van der Waals surface area contributed by atoms with Crippen molar-refractivity contribution in [2.75, 3.05) is 44.4 Å². The second kappa shape index (κ2) is 11.7. The summed E-state index contributed by atoms with van der Waals surface area (Å²) in [5, 5.41) is 4.22. The van der Waals surface area contributed by atoms with Crippen LogP contribution in [0.25, 0.3) is 0 Å². The number of nitrogens with one attached hydrogen (secondary N) is 1. The number of fused-ring (bicyclic) bond motifs is 7. The maximum absolute atomic E-state index is 13.3. The summed E-state index contributed by atoms with van der Waals surface area (Å²) in [7, 11) is -0.580. The Morgan fingerprint density at radius 2 is 1.76 bits per heavy atom. The van der Waals surface area contributed by atoms with E-state index in [0.29, 0.717) is 22.3 Å². The highest BCUT2D eigenvalue weighted by Crippen LogP contribution is 2.70. The lowest BCUT2D eigenvalue weighted by atomic mass is 9.38. The number of hydrogen-bond donors (Lipinski definition) is 1. The zero-order valence-corrected chi connectivity index (χ0v) is 27.8. The summed E-state index contributed by atoms with van der Waals surface area (Å²) in [5.41, 5.74) is 4.52. The van der Waals surface area contributed by atoms with Crippen LogP contribution in [0.2, 0.25) is 0 Å². The molecular weight excluding hydrogens is 539 g/mol. The summed E-state index contributed by atoms with van der Waals surface area (Å²) in [6, 6.07) is 0. The average Bonchev–Trinajstić information content (AvgIpc) is 3.43. The first-order valence-electron chi connectivity index (χ1n) is 18.1. The molecule has 5 heteroatoms. The third-order valence-corrected chi connectivity index (χ3v) is 16.3. The van der Waals surface area contributed by atoms with Crippen molar-refractivity contribution in [1.29, 1.82) is 0 Å². The van der Waals surface area contributed by atoms with Crippen LogP contribution >= 0.6 is 0 Å². The summed E-state index contributed by atoms with van der Waals surface area (Å²) in [6.07, 6.45) is 22.2. The molecule has 7 aliphatic rings. The Balaban J connectivity index is 1.05. The Labute approximate surface area is 258 Å². The highest BCUT2D eigenvalue weighted by atomic mass is 32.2. The van der Waals surface area contributed by atoms with E-state index in [1.807, 2.05) is 0 Å². The number of allylic oxidation sites excluding steroid dienone is 4. The Kier molecular flexibility index (Phi) is 8.39. The predicted octanol–water partition coefficient (Wildman–Crippen LogP) is 7.70. The van der Waals surface area contributed by atoms with Crippen LogP contribution in [0.15, 0.2) is 23.3 Å². The van der Waals surface area contributed by atoms with Crippen molar-refractivity contribution in [3.63, 3.8) is 0 Å². The molecule has 1 heterocycles. The van der Waals surface area contributed by atoms with E-state index in [0.717, 1.165) is 86.5 Å². The summed E-state index contributed by atoms with van der Waals surface area (Å²) >= 11 is 0. The van der Waals surface area contributed by atoms with E-state index < -0.39 is 10.8 Å². The number of hydrogen-bond acceptors (Lipinski definition) is 3. The minimum atomic E-state index is -0.580. The third-order valence-electron chi connectivity index (χ3n) is 15.0. The van der Waals surface area contributed by atoms with Crippen molar-refractivity contribution in [1.82, 2.24) is 10.2 Å². The Morgan fingerprint density at radius 3 is 2.52 bits per heavy atom. The SMILES string of the molecule is CC1C(C2=CCC(CF)CC2)=CCC2(C)C1CCC1(C)C3CCC4(NCCN5CCS(=O)CC5)CCCC4C3CCC21. The molecule has 0 bridgehead atoms. The molecule has 1 N–H and O–H groups in total. The minimum Gasteiger partial charge on any atom is -0.310 e. The van der Waals surface area contributed by atoms with Crippen LogP contribution < -0.4 is 5.32 Å². The van der Waals surface area contributed by atoms with Crippen LogP contribution in [-0.4, -0.2) is 59.0 Å². The van der Waals surface area contributed by atoms with Gasteiger partial charge in [0.15, 0.2) is 0 Å². The van der Waals surface area contributed by atoms with Crippen LogP contribution in [0, 0.1) is 52.3 Å². The Hall–Kier alpha value is -0.520. The first kappa shape index (κ1) is 30.2. The zero-order valence-electron chi connectivity index (χ0n) is 27.0. The molecule has 6 aliphatic carbocycles. The van der Waals surface area contributed by atoms with Gasteiger partial charge in [-0.25, -0.2) is 0 Å². The third kappa shape index (κ3) is 4.97. The maximum Gasteiger partial charge on any atom is 0.0925 e. The zero-order chi connectivity index (χ0) is 29.1. The van der Waals surface area contributed by atoms with Gasteiger partial charge in [0.2, 0.25) is 0 Å². The second-order valence-corrected chi connectivity index (χ2v) is 18.2. The molecule has 0 aromatic carbocycles. The van der Waals surface area contributed by atoms with Crippen molar-refractivity contribution in [3.05, 3.63) is 23.3 Å². The lowest BCUT2D eigenvalue weighted by Gasteiger charge is -2.67. The Morgan fingerprint density at radius 1 is 0.952 bits per heavy atom. The minimum absolute atomic E-state index is 0.151. The molecule has 0 radical (unpaired) electrons. The summed E-state index contributed by atoms with van der Waals surface area (Å²) < 4.78 is 25.1. The molecular formula is C37H59FN2OS. The van der Waals surface area contributed by atoms with Crippen molar-refractivity contribution >= 4 is 10.8 Å². The van der Waals surface area contributed by atoms with E-state index in [4.69, 9.17) is 0 Å². The number of nitrogens with zero attached hydrogens (tertiary/aromatic N) is 1. The molecule has 3 nitrogen and oxygen atoms in total. The summed E-state index contributed by atoms with van der Waals surface area (Å²) in [5.74, 6) is 6.99. The molecule has 0 amide bonds. The van der Waals surface area contributed by atoms with Gasteiger partial charge in [-0.3, -0.25) is 8.60 Å². The molecule has 4 saturated carbocycles. The number of alkyl halides is 1. The van der Waals surface area contributed by atoms with Gasteiger partial charge in [0.1, 0.15) is 0 Å². The van der Waals surface area contributed by atoms with Crippen LogP contribution in [0.1, 0.15) is 104 Å². The van der Waals surface area contributed by atoms with Crippen LogP contribution in [0.4, 0.5) is 4.39 Å². The molecule has 0 spiro atoms. The van der Waals surface area contributed by atoms with Crippen molar-refractivity contribution < 1.29 is 8.60 Å². The smallest absolute Gasteiger partial charge is 0.0925 e. The van der Waals surface area contributed by atoms with Gasteiger partial charge in [-0.2, -0.15) is 0 Å². The second-order valence-electron chi connectivity index (χ2n) is 16.5. The van der Waals surface area contributed by atoms with Crippen molar-refractivity contribution in [2.24, 2.45) is 52.3 Å². The van der Waals surface area contributed by atoms with Crippen molar-refractivity contribution in [3.8, 4) is 0 Å². The first-order valence-corrected chi connectivity index (χ1v) is 19.5. The normalized spacial score (nSPS) is 48.0. The molecule has 236 valence electrons. The van der Waals surface area contributed by atoms with Gasteiger partial charge in [-0.1, -0.05) is 39.3 Å². The van der Waals surface area contributed by atoms with E-state index in [9.17, 15) is 8.60 Å². The van der Waals surface area contributed by atoms with Gasteiger partial charge in [0.05, 0.1) is 6.67 Å². The van der Waals surface area contributed by atoms with Crippen LogP contribution in [-0.2, 0) is 10.8 Å². The van der Waals surface area contributed by atoms with Crippen LogP contribution in [0.5, 0.6) is 0 Å². The van der Waals surface area contributed by atoms with E-state index in [1.54, 1.807) is 11.1 Å². The average molecular weight is 599 g/mol. The highest BCUT2D eigenvalue weighted by molar-refractivity contribution is 7.85. The largest absolute Gasteiger partial charge is 0.310 e. The molecule has 0 aromatic rings. The van der Waals surface area contributed by atoms with Gasteiger partial charge in [-0.15, -0.1) is 0 Å². The lowest BCUT2D eigenvalue weighted by Crippen LogP contribution is -2.63. The van der Waals surface area contributed by atoms with Gasteiger partial charge < -0.3 is 10.2 Å². The summed E-state index contributed by atoms with van der Waals surface area (Å²) in [4.78, 5) is 2.54. The fourth-order valence-corrected chi connectivity index (χ4v) is 14.0. The molecule has 7 rings (SSSR count). The fourth-order valence-electron chi connectivity index (χ4n) is 12.8. The summed E-state index contributed by atoms with van der Waals surface area (Å²) in [6.45, 7) is 12.1. The van der Waals surface area contributed by atoms with Gasteiger partial charge in [-0.05, 0) is 140 Å². The molecule has 10 atom stereocenters. The van der Waals surface area contributed by atoms with E-state index in [2.05, 4.69) is 43.1 Å². The highest BCUT2D eigenvalue weighted by Gasteiger charge is 2.64. The predicted molar refractivity (Wildman–Crippen MR) is 174 cm³/mol. The Bertz CT molecular complexity index is 1100. The van der Waals surface area contributed by atoms with E-state index >= 15 is 0 Å². The van der Waals surface area contributed by atoms with E-state index in [-0.39, 0.29) is 12.6 Å². The molecule has 1 aliphatic heterocycles. The molecule has 5 fully saturated rings. The quantitative estimate of drug-likeness (QED) is 0.340. The topological polar surface area (TPSA) is 32.3 Å². The number of halogens is 1. The standard InChI is InChI=1S/C37H59FN2OS/c1-26-29(28-8-6-27(25-38)7-9-28)12-16-35(2)31(26)13-17-36(3)32-14-18-37(39-19-20-40-21-23-42(41)24-22-40)15-4-5-33(37)30(32)10-11-34(35)36/h8,12,26-27,30-34,39H,4-7,9-11,13-25H2,1-3H3. The number of rotatable bonds is 6. The maximum atomic E-state index is 13.3. The monoisotopic (exact) mass is 598 g/mol. The van der Waals surface area contributed by atoms with Crippen LogP contribution in [0.3, 0.4) is 0 Å².